The average molecular weight is 534 g/mol. The van der Waals surface area contributed by atoms with Crippen molar-refractivity contribution in [1.82, 2.24) is 10.2 Å². The van der Waals surface area contributed by atoms with Crippen molar-refractivity contribution in [1.29, 1.82) is 0 Å². The first-order chi connectivity index (χ1) is 17.8. The molecule has 186 valence electrons. The highest BCUT2D eigenvalue weighted by Crippen LogP contribution is 2.44. The first kappa shape index (κ1) is 24.7. The second kappa shape index (κ2) is 10.2. The van der Waals surface area contributed by atoms with Crippen molar-refractivity contribution in [3.63, 3.8) is 0 Å². The van der Waals surface area contributed by atoms with Gasteiger partial charge in [-0.2, -0.15) is 0 Å². The van der Waals surface area contributed by atoms with Gasteiger partial charge in [0.15, 0.2) is 4.34 Å². The van der Waals surface area contributed by atoms with Crippen LogP contribution in [-0.2, 0) is 15.3 Å². The van der Waals surface area contributed by atoms with Crippen LogP contribution in [0.1, 0.15) is 28.3 Å². The summed E-state index contributed by atoms with van der Waals surface area (Å²) in [5.41, 5.74) is 2.29. The fourth-order valence-electron chi connectivity index (χ4n) is 3.98. The van der Waals surface area contributed by atoms with Crippen LogP contribution in [0.2, 0.25) is 0 Å². The van der Waals surface area contributed by atoms with E-state index in [1.54, 1.807) is 54.6 Å². The number of hydrogen-bond acceptors (Lipinski definition) is 8. The van der Waals surface area contributed by atoms with Crippen LogP contribution in [0.5, 0.6) is 5.75 Å². The zero-order valence-corrected chi connectivity index (χ0v) is 21.1. The summed E-state index contributed by atoms with van der Waals surface area (Å²) in [6.07, 6.45) is 0. The number of hydrogen-bond donors (Lipinski definition) is 2. The first-order valence-corrected chi connectivity index (χ1v) is 13.0. The second-order valence-electron chi connectivity index (χ2n) is 8.36. The van der Waals surface area contributed by atoms with Gasteiger partial charge in [-0.05, 0) is 36.2 Å². The van der Waals surface area contributed by atoms with E-state index in [2.05, 4.69) is 10.2 Å². The summed E-state index contributed by atoms with van der Waals surface area (Å²) in [6, 6.07) is 18.4. The number of anilines is 1. The Morgan fingerprint density at radius 1 is 1.03 bits per heavy atom. The molecule has 0 saturated carbocycles. The molecule has 1 atom stereocenters. The van der Waals surface area contributed by atoms with Gasteiger partial charge in [-0.25, -0.2) is 4.39 Å². The fourth-order valence-corrected chi connectivity index (χ4v) is 5.84. The maximum absolute atomic E-state index is 14.0. The third-order valence-corrected chi connectivity index (χ3v) is 7.99. The third-order valence-electron chi connectivity index (χ3n) is 5.89. The number of aryl methyl sites for hydroxylation is 1. The molecule has 4 aromatic rings. The van der Waals surface area contributed by atoms with Gasteiger partial charge in [-0.15, -0.1) is 10.2 Å². The van der Waals surface area contributed by atoms with Gasteiger partial charge in [0.2, 0.25) is 5.13 Å². The zero-order chi connectivity index (χ0) is 26.1. The number of benzene rings is 3. The van der Waals surface area contributed by atoms with Crippen LogP contribution in [-0.4, -0.2) is 32.1 Å². The number of aromatic hydroxyl groups is 1. The van der Waals surface area contributed by atoms with E-state index in [9.17, 15) is 24.2 Å². The fraction of sp³-hybridized carbons (Fsp3) is 0.111. The van der Waals surface area contributed by atoms with Gasteiger partial charge in [0.1, 0.15) is 17.3 Å². The summed E-state index contributed by atoms with van der Waals surface area (Å²) in [4.78, 5) is 27.7. The van der Waals surface area contributed by atoms with E-state index < -0.39 is 17.7 Å². The number of thioether (sulfide) groups is 1. The standard InChI is InChI=1S/C27H20FN3O4S2/c1-15-6-8-17(9-7-15)23(33)21-22(16-10-12-19(32)13-11-16)31(25(35)24(21)34)26-29-30-27(37-26)36-14-18-4-2-3-5-20(18)28/h2-13,22,32-33H,14H2,1H3/b23-21-. The highest BCUT2D eigenvalue weighted by atomic mass is 32.2. The number of phenolic OH excluding ortho intramolecular Hbond substituents is 1. The molecular weight excluding hydrogens is 513 g/mol. The lowest BCUT2D eigenvalue weighted by molar-refractivity contribution is -0.132. The van der Waals surface area contributed by atoms with Crippen LogP contribution in [0.3, 0.4) is 0 Å². The largest absolute Gasteiger partial charge is 0.508 e. The van der Waals surface area contributed by atoms with Crippen LogP contribution >= 0.6 is 23.1 Å². The Kier molecular flexibility index (Phi) is 6.77. The van der Waals surface area contributed by atoms with E-state index in [0.717, 1.165) is 16.9 Å². The number of nitrogens with zero attached hydrogens (tertiary/aromatic N) is 3. The molecule has 1 aromatic heterocycles. The maximum atomic E-state index is 14.0. The van der Waals surface area contributed by atoms with Crippen molar-refractivity contribution >= 4 is 45.7 Å². The number of carbonyl (C=O) groups excluding carboxylic acids is 2. The third kappa shape index (κ3) is 4.85. The summed E-state index contributed by atoms with van der Waals surface area (Å²) in [5.74, 6) is -2.01. The minimum absolute atomic E-state index is 0.0157. The molecule has 5 rings (SSSR count). The maximum Gasteiger partial charge on any atom is 0.301 e. The van der Waals surface area contributed by atoms with Crippen LogP contribution in [0.15, 0.2) is 82.7 Å². The number of aliphatic hydroxyl groups is 1. The summed E-state index contributed by atoms with van der Waals surface area (Å²) in [7, 11) is 0. The van der Waals surface area contributed by atoms with Gasteiger partial charge in [0.05, 0.1) is 11.6 Å². The molecule has 1 aliphatic heterocycles. The number of rotatable bonds is 6. The quantitative estimate of drug-likeness (QED) is 0.109. The number of Topliss-reactive ketones (excluding diaryl/α,β-unsaturated/α-hetero) is 1. The molecule has 3 aromatic carbocycles. The molecule has 37 heavy (non-hydrogen) atoms. The van der Waals surface area contributed by atoms with Gasteiger partial charge in [0, 0.05) is 11.3 Å². The lowest BCUT2D eigenvalue weighted by Gasteiger charge is -2.22. The summed E-state index contributed by atoms with van der Waals surface area (Å²) in [6.45, 7) is 1.90. The minimum Gasteiger partial charge on any atom is -0.508 e. The van der Waals surface area contributed by atoms with Crippen molar-refractivity contribution in [2.45, 2.75) is 23.1 Å². The molecule has 1 amide bonds. The Hall–Kier alpha value is -4.02. The Labute approximate surface area is 219 Å². The summed E-state index contributed by atoms with van der Waals surface area (Å²) in [5, 5.41) is 29.4. The van der Waals surface area contributed by atoms with E-state index in [-0.39, 0.29) is 28.0 Å². The predicted octanol–water partition coefficient (Wildman–Crippen LogP) is 5.61. The molecule has 1 saturated heterocycles. The van der Waals surface area contributed by atoms with Gasteiger partial charge in [-0.1, -0.05) is 83.3 Å². The topological polar surface area (TPSA) is 104 Å². The van der Waals surface area contributed by atoms with Gasteiger partial charge >= 0.3 is 5.91 Å². The number of halogens is 1. The number of amides is 1. The second-order valence-corrected chi connectivity index (χ2v) is 10.5. The van der Waals surface area contributed by atoms with E-state index in [0.29, 0.717) is 26.8 Å². The molecule has 1 fully saturated rings. The molecule has 1 unspecified atom stereocenters. The van der Waals surface area contributed by atoms with Crippen molar-refractivity contribution in [3.05, 3.63) is 106 Å². The molecule has 0 aliphatic carbocycles. The van der Waals surface area contributed by atoms with E-state index in [1.807, 2.05) is 6.92 Å². The van der Waals surface area contributed by atoms with Gasteiger partial charge in [-0.3, -0.25) is 14.5 Å². The smallest absolute Gasteiger partial charge is 0.301 e. The molecule has 0 radical (unpaired) electrons. The lowest BCUT2D eigenvalue weighted by atomic mass is 9.95. The number of phenols is 1. The highest BCUT2D eigenvalue weighted by Gasteiger charge is 2.48. The molecule has 1 aliphatic rings. The zero-order valence-electron chi connectivity index (χ0n) is 19.5. The number of carbonyl (C=O) groups is 2. The monoisotopic (exact) mass is 533 g/mol. The van der Waals surface area contributed by atoms with Crippen LogP contribution in [0, 0.1) is 12.7 Å². The van der Waals surface area contributed by atoms with Crippen LogP contribution in [0.4, 0.5) is 9.52 Å². The summed E-state index contributed by atoms with van der Waals surface area (Å²) < 4.78 is 14.5. The molecular formula is C27H20FN3O4S2. The van der Waals surface area contributed by atoms with Crippen LogP contribution in [0.25, 0.3) is 5.76 Å². The number of aromatic nitrogens is 2. The number of aliphatic hydroxyl groups excluding tert-OH is 1. The molecule has 10 heteroatoms. The van der Waals surface area contributed by atoms with Crippen LogP contribution < -0.4 is 4.90 Å². The molecule has 7 nitrogen and oxygen atoms in total. The SMILES string of the molecule is Cc1ccc(/C(O)=C2/C(=O)C(=O)N(c3nnc(SCc4ccccc4F)s3)C2c2ccc(O)cc2)cc1. The first-order valence-electron chi connectivity index (χ1n) is 11.2. The number of ketones is 1. The Morgan fingerprint density at radius 2 is 1.73 bits per heavy atom. The average Bonchev–Trinajstić information content (AvgIpc) is 3.46. The molecule has 2 heterocycles. The van der Waals surface area contributed by atoms with Crippen molar-refractivity contribution in [3.8, 4) is 5.75 Å². The van der Waals surface area contributed by atoms with Crippen molar-refractivity contribution in [2.75, 3.05) is 4.90 Å². The van der Waals surface area contributed by atoms with Gasteiger partial charge < -0.3 is 10.2 Å². The molecule has 0 spiro atoms. The molecule has 2 N–H and O–H groups in total. The normalized spacial score (nSPS) is 16.9. The predicted molar refractivity (Wildman–Crippen MR) is 140 cm³/mol. The summed E-state index contributed by atoms with van der Waals surface area (Å²) >= 11 is 2.35. The van der Waals surface area contributed by atoms with E-state index in [1.165, 1.54) is 34.9 Å². The van der Waals surface area contributed by atoms with Crippen molar-refractivity contribution in [2.24, 2.45) is 0 Å². The Bertz CT molecular complexity index is 1520. The van der Waals surface area contributed by atoms with Gasteiger partial charge in [0.25, 0.3) is 5.78 Å². The van der Waals surface area contributed by atoms with E-state index in [4.69, 9.17) is 0 Å². The highest BCUT2D eigenvalue weighted by molar-refractivity contribution is 8.00. The van der Waals surface area contributed by atoms with E-state index >= 15 is 0 Å². The van der Waals surface area contributed by atoms with Crippen molar-refractivity contribution < 1.29 is 24.2 Å². The lowest BCUT2D eigenvalue weighted by Crippen LogP contribution is -2.29. The Balaban J connectivity index is 1.54. The molecule has 0 bridgehead atoms. The minimum atomic E-state index is -0.987. The Morgan fingerprint density at radius 3 is 2.43 bits per heavy atom.